The summed E-state index contributed by atoms with van der Waals surface area (Å²) in [6.45, 7) is 5.13. The molecule has 0 radical (unpaired) electrons. The second-order valence-corrected chi connectivity index (χ2v) is 4.87. The van der Waals surface area contributed by atoms with Gasteiger partial charge in [-0.3, -0.25) is 9.48 Å². The summed E-state index contributed by atoms with van der Waals surface area (Å²) >= 11 is 0. The van der Waals surface area contributed by atoms with E-state index in [0.717, 1.165) is 25.1 Å². The van der Waals surface area contributed by atoms with Gasteiger partial charge in [0.25, 0.3) is 5.91 Å². The molecule has 0 aliphatic carbocycles. The molecule has 0 saturated heterocycles. The number of amides is 1. The highest BCUT2D eigenvalue weighted by atomic mass is 35.5. The van der Waals surface area contributed by atoms with Crippen LogP contribution in [0.5, 0.6) is 0 Å². The van der Waals surface area contributed by atoms with E-state index in [1.54, 1.807) is 6.20 Å². The fraction of sp³-hybridized carbons (Fsp3) is 0.375. The Morgan fingerprint density at radius 2 is 1.91 bits per heavy atom. The van der Waals surface area contributed by atoms with Crippen molar-refractivity contribution < 1.29 is 4.79 Å². The number of nitrogens with one attached hydrogen (secondary N) is 2. The first-order chi connectivity index (χ1) is 10.3. The number of rotatable bonds is 8. The van der Waals surface area contributed by atoms with E-state index in [2.05, 4.69) is 22.7 Å². The zero-order chi connectivity index (χ0) is 14.9. The van der Waals surface area contributed by atoms with Crippen molar-refractivity contribution in [2.24, 2.45) is 0 Å². The summed E-state index contributed by atoms with van der Waals surface area (Å²) in [4.78, 5) is 12.3. The molecule has 0 unspecified atom stereocenters. The molecule has 0 aliphatic heterocycles. The molecule has 1 aromatic heterocycles. The van der Waals surface area contributed by atoms with Crippen molar-refractivity contribution in [1.29, 1.82) is 0 Å². The van der Waals surface area contributed by atoms with Crippen molar-refractivity contribution in [3.8, 4) is 0 Å². The first-order valence-electron chi connectivity index (χ1n) is 7.35. The van der Waals surface area contributed by atoms with Gasteiger partial charge >= 0.3 is 0 Å². The SMILES string of the molecule is CCCNCCNC(=O)c1ccccc1Cn1cccn1.Cl.Cl. The molecule has 0 atom stereocenters. The van der Waals surface area contributed by atoms with Gasteiger partial charge in [-0.2, -0.15) is 5.10 Å². The van der Waals surface area contributed by atoms with E-state index < -0.39 is 0 Å². The van der Waals surface area contributed by atoms with E-state index in [4.69, 9.17) is 0 Å². The minimum absolute atomic E-state index is 0. The van der Waals surface area contributed by atoms with Crippen LogP contribution >= 0.6 is 24.8 Å². The number of carbonyl (C=O) groups excluding carboxylic acids is 1. The van der Waals surface area contributed by atoms with Crippen LogP contribution in [0.2, 0.25) is 0 Å². The summed E-state index contributed by atoms with van der Waals surface area (Å²) in [7, 11) is 0. The fourth-order valence-corrected chi connectivity index (χ4v) is 2.11. The lowest BCUT2D eigenvalue weighted by atomic mass is 10.1. The van der Waals surface area contributed by atoms with Crippen LogP contribution in [-0.2, 0) is 6.54 Å². The van der Waals surface area contributed by atoms with Crippen molar-refractivity contribution in [3.05, 3.63) is 53.9 Å². The molecule has 2 rings (SSSR count). The molecule has 0 aliphatic rings. The lowest BCUT2D eigenvalue weighted by Crippen LogP contribution is -2.32. The van der Waals surface area contributed by atoms with Crippen LogP contribution in [-0.4, -0.2) is 35.3 Å². The number of carbonyl (C=O) groups is 1. The highest BCUT2D eigenvalue weighted by Gasteiger charge is 2.10. The average molecular weight is 359 g/mol. The van der Waals surface area contributed by atoms with Gasteiger partial charge in [0, 0.05) is 31.0 Å². The normalized spacial score (nSPS) is 9.61. The molecule has 0 spiro atoms. The molecule has 0 bridgehead atoms. The molecule has 5 nitrogen and oxygen atoms in total. The average Bonchev–Trinajstić information content (AvgIpc) is 3.00. The van der Waals surface area contributed by atoms with Crippen molar-refractivity contribution in [2.45, 2.75) is 19.9 Å². The Bertz CT molecular complexity index is 561. The van der Waals surface area contributed by atoms with Crippen molar-refractivity contribution >= 4 is 30.7 Å². The topological polar surface area (TPSA) is 58.9 Å². The lowest BCUT2D eigenvalue weighted by molar-refractivity contribution is 0.0953. The third-order valence-electron chi connectivity index (χ3n) is 3.17. The zero-order valence-corrected chi connectivity index (χ0v) is 14.8. The number of halogens is 2. The Kier molecular flexibility index (Phi) is 11.1. The molecular formula is C16H24Cl2N4O. The number of hydrogen-bond acceptors (Lipinski definition) is 3. The van der Waals surface area contributed by atoms with Gasteiger partial charge < -0.3 is 10.6 Å². The fourth-order valence-electron chi connectivity index (χ4n) is 2.11. The standard InChI is InChI=1S/C16H22N4O.2ClH/c1-2-8-17-10-11-18-16(21)15-7-4-3-6-14(15)13-20-12-5-9-19-20;;/h3-7,9,12,17H,2,8,10-11,13H2,1H3,(H,18,21);2*1H. The van der Waals surface area contributed by atoms with Crippen LogP contribution < -0.4 is 10.6 Å². The Morgan fingerprint density at radius 3 is 2.61 bits per heavy atom. The smallest absolute Gasteiger partial charge is 0.251 e. The molecule has 2 N–H and O–H groups in total. The molecule has 23 heavy (non-hydrogen) atoms. The summed E-state index contributed by atoms with van der Waals surface area (Å²) in [6.07, 6.45) is 4.73. The van der Waals surface area contributed by atoms with Crippen LogP contribution in [0.3, 0.4) is 0 Å². The molecule has 1 heterocycles. The van der Waals surface area contributed by atoms with E-state index in [9.17, 15) is 4.79 Å². The van der Waals surface area contributed by atoms with Crippen LogP contribution in [0.25, 0.3) is 0 Å². The van der Waals surface area contributed by atoms with Gasteiger partial charge in [-0.25, -0.2) is 0 Å². The highest BCUT2D eigenvalue weighted by Crippen LogP contribution is 2.10. The largest absolute Gasteiger partial charge is 0.351 e. The first kappa shape index (κ1) is 21.4. The summed E-state index contributed by atoms with van der Waals surface area (Å²) in [5, 5.41) is 10.4. The van der Waals surface area contributed by atoms with Crippen LogP contribution in [0.15, 0.2) is 42.7 Å². The Balaban J connectivity index is 0.00000242. The molecule has 7 heteroatoms. The second-order valence-electron chi connectivity index (χ2n) is 4.87. The quantitative estimate of drug-likeness (QED) is 0.712. The van der Waals surface area contributed by atoms with Gasteiger partial charge in [0.05, 0.1) is 6.54 Å². The first-order valence-corrected chi connectivity index (χ1v) is 7.35. The molecule has 1 aromatic carbocycles. The van der Waals surface area contributed by atoms with Gasteiger partial charge in [0.15, 0.2) is 0 Å². The number of benzene rings is 1. The maximum atomic E-state index is 12.3. The second kappa shape index (κ2) is 11.9. The summed E-state index contributed by atoms with van der Waals surface area (Å²) < 4.78 is 1.81. The van der Waals surface area contributed by atoms with E-state index in [-0.39, 0.29) is 30.7 Å². The van der Waals surface area contributed by atoms with Gasteiger partial charge in [-0.05, 0) is 30.7 Å². The van der Waals surface area contributed by atoms with Crippen molar-refractivity contribution in [3.63, 3.8) is 0 Å². The van der Waals surface area contributed by atoms with Crippen LogP contribution in [0.1, 0.15) is 29.3 Å². The summed E-state index contributed by atoms with van der Waals surface area (Å²) in [6, 6.07) is 9.52. The molecule has 0 fully saturated rings. The minimum atomic E-state index is -0.0314. The number of hydrogen-bond donors (Lipinski definition) is 2. The summed E-state index contributed by atoms with van der Waals surface area (Å²) in [5.41, 5.74) is 1.68. The van der Waals surface area contributed by atoms with Crippen LogP contribution in [0, 0.1) is 0 Å². The monoisotopic (exact) mass is 358 g/mol. The molecular weight excluding hydrogens is 335 g/mol. The molecule has 2 aromatic rings. The maximum Gasteiger partial charge on any atom is 0.251 e. The number of nitrogens with zero attached hydrogens (tertiary/aromatic N) is 2. The Hall–Kier alpha value is -1.56. The highest BCUT2D eigenvalue weighted by molar-refractivity contribution is 5.95. The van der Waals surface area contributed by atoms with Gasteiger partial charge in [-0.1, -0.05) is 25.1 Å². The lowest BCUT2D eigenvalue weighted by Gasteiger charge is -2.10. The Morgan fingerprint density at radius 1 is 1.13 bits per heavy atom. The van der Waals surface area contributed by atoms with E-state index in [1.165, 1.54) is 0 Å². The van der Waals surface area contributed by atoms with Gasteiger partial charge in [-0.15, -0.1) is 24.8 Å². The molecule has 1 amide bonds. The Labute approximate surface area is 149 Å². The zero-order valence-electron chi connectivity index (χ0n) is 13.2. The number of aromatic nitrogens is 2. The van der Waals surface area contributed by atoms with E-state index in [1.807, 2.05) is 41.2 Å². The molecule has 128 valence electrons. The summed E-state index contributed by atoms with van der Waals surface area (Å²) in [5.74, 6) is -0.0314. The van der Waals surface area contributed by atoms with Crippen LogP contribution in [0.4, 0.5) is 0 Å². The van der Waals surface area contributed by atoms with E-state index in [0.29, 0.717) is 18.7 Å². The molecule has 0 saturated carbocycles. The minimum Gasteiger partial charge on any atom is -0.351 e. The van der Waals surface area contributed by atoms with Gasteiger partial charge in [0.2, 0.25) is 0 Å². The van der Waals surface area contributed by atoms with Crippen molar-refractivity contribution in [1.82, 2.24) is 20.4 Å². The van der Waals surface area contributed by atoms with Gasteiger partial charge in [0.1, 0.15) is 0 Å². The van der Waals surface area contributed by atoms with E-state index >= 15 is 0 Å². The predicted molar refractivity (Wildman–Crippen MR) is 97.8 cm³/mol. The van der Waals surface area contributed by atoms with Crippen molar-refractivity contribution in [2.75, 3.05) is 19.6 Å². The predicted octanol–water partition coefficient (Wildman–Crippen LogP) is 2.50. The third kappa shape index (κ3) is 7.03. The third-order valence-corrected chi connectivity index (χ3v) is 3.17. The maximum absolute atomic E-state index is 12.3.